The second-order valence-electron chi connectivity index (χ2n) is 6.61. The van der Waals surface area contributed by atoms with Gasteiger partial charge in [0.25, 0.3) is 5.91 Å². The average Bonchev–Trinajstić information content (AvgIpc) is 3.04. The number of hydrogen-bond donors (Lipinski definition) is 1. The van der Waals surface area contributed by atoms with Crippen molar-refractivity contribution in [2.24, 2.45) is 5.41 Å². The molecule has 0 saturated carbocycles. The second kappa shape index (κ2) is 6.24. The van der Waals surface area contributed by atoms with Gasteiger partial charge in [-0.25, -0.2) is 0 Å². The number of rotatable bonds is 5. The summed E-state index contributed by atoms with van der Waals surface area (Å²) in [6.45, 7) is 8.01. The molecule has 2 rings (SSSR count). The molecule has 0 aromatic carbocycles. The minimum Gasteiger partial charge on any atom is -0.503 e. The van der Waals surface area contributed by atoms with E-state index in [1.54, 1.807) is 25.7 Å². The molecule has 120 valence electrons. The van der Waals surface area contributed by atoms with Crippen LogP contribution < -0.4 is 0 Å². The molecular weight excluding hydrogens is 298 g/mol. The SMILES string of the molecule is CCCCN1C(=O)C(O)=C(C(=O)C(C)(C)C)C1c1cccs1. The third-order valence-electron chi connectivity index (χ3n) is 3.79. The van der Waals surface area contributed by atoms with Crippen molar-refractivity contribution in [3.63, 3.8) is 0 Å². The lowest BCUT2D eigenvalue weighted by Crippen LogP contribution is -2.33. The largest absolute Gasteiger partial charge is 0.503 e. The van der Waals surface area contributed by atoms with Crippen LogP contribution in [0.5, 0.6) is 0 Å². The Morgan fingerprint density at radius 1 is 1.41 bits per heavy atom. The van der Waals surface area contributed by atoms with E-state index >= 15 is 0 Å². The first-order valence-electron chi connectivity index (χ1n) is 7.61. The molecule has 0 radical (unpaired) electrons. The summed E-state index contributed by atoms with van der Waals surface area (Å²) in [5, 5.41) is 12.2. The summed E-state index contributed by atoms with van der Waals surface area (Å²) >= 11 is 1.50. The molecule has 1 aliphatic heterocycles. The minimum absolute atomic E-state index is 0.171. The molecule has 1 amide bonds. The Kier molecular flexibility index (Phi) is 4.75. The molecule has 1 aromatic heterocycles. The molecule has 0 spiro atoms. The van der Waals surface area contributed by atoms with Crippen LogP contribution in [0.2, 0.25) is 0 Å². The summed E-state index contributed by atoms with van der Waals surface area (Å²) in [6, 6.07) is 3.36. The van der Waals surface area contributed by atoms with Gasteiger partial charge in [-0.3, -0.25) is 9.59 Å². The van der Waals surface area contributed by atoms with Gasteiger partial charge in [0.05, 0.1) is 11.6 Å². The number of unbranched alkanes of at least 4 members (excludes halogenated alkanes) is 1. The highest BCUT2D eigenvalue weighted by Crippen LogP contribution is 2.42. The normalized spacial score (nSPS) is 19.2. The third kappa shape index (κ3) is 2.95. The van der Waals surface area contributed by atoms with Crippen LogP contribution in [0, 0.1) is 5.41 Å². The number of carbonyl (C=O) groups is 2. The fourth-order valence-corrected chi connectivity index (χ4v) is 3.44. The van der Waals surface area contributed by atoms with E-state index in [1.807, 2.05) is 17.5 Å². The Morgan fingerprint density at radius 3 is 2.59 bits per heavy atom. The molecule has 4 nitrogen and oxygen atoms in total. The van der Waals surface area contributed by atoms with Crippen LogP contribution in [-0.2, 0) is 9.59 Å². The van der Waals surface area contributed by atoms with E-state index in [-0.39, 0.29) is 17.1 Å². The molecule has 1 aliphatic rings. The lowest BCUT2D eigenvalue weighted by Gasteiger charge is -2.27. The number of Topliss-reactive ketones (excluding diaryl/α,β-unsaturated/α-hetero) is 1. The fourth-order valence-electron chi connectivity index (χ4n) is 2.59. The summed E-state index contributed by atoms with van der Waals surface area (Å²) < 4.78 is 0. The van der Waals surface area contributed by atoms with Gasteiger partial charge in [0, 0.05) is 16.8 Å². The monoisotopic (exact) mass is 321 g/mol. The van der Waals surface area contributed by atoms with E-state index in [9.17, 15) is 14.7 Å². The highest BCUT2D eigenvalue weighted by atomic mass is 32.1. The van der Waals surface area contributed by atoms with Gasteiger partial charge >= 0.3 is 0 Å². The molecule has 0 fully saturated rings. The van der Waals surface area contributed by atoms with E-state index < -0.39 is 17.4 Å². The summed E-state index contributed by atoms with van der Waals surface area (Å²) in [4.78, 5) is 27.7. The number of ketones is 1. The van der Waals surface area contributed by atoms with Crippen LogP contribution in [-0.4, -0.2) is 28.2 Å². The third-order valence-corrected chi connectivity index (χ3v) is 4.72. The molecule has 22 heavy (non-hydrogen) atoms. The first-order valence-corrected chi connectivity index (χ1v) is 8.49. The topological polar surface area (TPSA) is 57.6 Å². The zero-order chi connectivity index (χ0) is 16.5. The second-order valence-corrected chi connectivity index (χ2v) is 7.59. The van der Waals surface area contributed by atoms with Crippen molar-refractivity contribution in [1.82, 2.24) is 4.90 Å². The smallest absolute Gasteiger partial charge is 0.290 e. The van der Waals surface area contributed by atoms with Crippen molar-refractivity contribution < 1.29 is 14.7 Å². The van der Waals surface area contributed by atoms with Gasteiger partial charge < -0.3 is 10.0 Å². The van der Waals surface area contributed by atoms with Crippen LogP contribution in [0.25, 0.3) is 0 Å². The zero-order valence-corrected chi connectivity index (χ0v) is 14.4. The maximum absolute atomic E-state index is 12.8. The predicted molar refractivity (Wildman–Crippen MR) is 87.8 cm³/mol. The van der Waals surface area contributed by atoms with Crippen LogP contribution in [0.3, 0.4) is 0 Å². The number of aliphatic hydroxyl groups excluding tert-OH is 1. The van der Waals surface area contributed by atoms with Crippen LogP contribution in [0.4, 0.5) is 0 Å². The molecule has 5 heteroatoms. The van der Waals surface area contributed by atoms with E-state index in [2.05, 4.69) is 6.92 Å². The number of hydrogen-bond acceptors (Lipinski definition) is 4. The van der Waals surface area contributed by atoms with Gasteiger partial charge in [0.1, 0.15) is 0 Å². The molecule has 1 N–H and O–H groups in total. The highest BCUT2D eigenvalue weighted by molar-refractivity contribution is 7.10. The highest BCUT2D eigenvalue weighted by Gasteiger charge is 2.45. The van der Waals surface area contributed by atoms with Gasteiger partial charge in [-0.15, -0.1) is 11.3 Å². The molecule has 1 unspecified atom stereocenters. The Morgan fingerprint density at radius 2 is 2.09 bits per heavy atom. The van der Waals surface area contributed by atoms with Crippen LogP contribution in [0.1, 0.15) is 51.5 Å². The Labute approximate surface area is 135 Å². The molecule has 1 atom stereocenters. The summed E-state index contributed by atoms with van der Waals surface area (Å²) in [6.07, 6.45) is 1.79. The molecule has 0 aliphatic carbocycles. The van der Waals surface area contributed by atoms with Crippen LogP contribution >= 0.6 is 11.3 Å². The van der Waals surface area contributed by atoms with E-state index in [4.69, 9.17) is 0 Å². The summed E-state index contributed by atoms with van der Waals surface area (Å²) in [5.41, 5.74) is -0.393. The molecular formula is C17H23NO3S. The number of aliphatic hydroxyl groups is 1. The van der Waals surface area contributed by atoms with Gasteiger partial charge in [-0.05, 0) is 17.9 Å². The Hall–Kier alpha value is -1.62. The number of amides is 1. The lowest BCUT2D eigenvalue weighted by atomic mass is 9.83. The molecule has 1 aromatic rings. The summed E-state index contributed by atoms with van der Waals surface area (Å²) in [5.74, 6) is -0.982. The molecule has 0 saturated heterocycles. The first kappa shape index (κ1) is 16.7. The van der Waals surface area contributed by atoms with Crippen molar-refractivity contribution in [3.8, 4) is 0 Å². The van der Waals surface area contributed by atoms with Crippen molar-refractivity contribution >= 4 is 23.0 Å². The standard InChI is InChI=1S/C17H23NO3S/c1-5-6-9-18-13(11-8-7-10-22-11)12(14(19)16(18)21)15(20)17(2,3)4/h7-8,10,13,19H,5-6,9H2,1-4H3. The van der Waals surface area contributed by atoms with Crippen LogP contribution in [0.15, 0.2) is 28.8 Å². The molecule has 0 bridgehead atoms. The first-order chi connectivity index (χ1) is 10.3. The molecule has 2 heterocycles. The quantitative estimate of drug-likeness (QED) is 0.896. The zero-order valence-electron chi connectivity index (χ0n) is 13.5. The lowest BCUT2D eigenvalue weighted by molar-refractivity contribution is -0.129. The maximum Gasteiger partial charge on any atom is 0.290 e. The van der Waals surface area contributed by atoms with Gasteiger partial charge in [0.15, 0.2) is 11.5 Å². The van der Waals surface area contributed by atoms with Crippen molar-refractivity contribution in [3.05, 3.63) is 33.7 Å². The van der Waals surface area contributed by atoms with E-state index in [0.717, 1.165) is 17.7 Å². The van der Waals surface area contributed by atoms with E-state index in [0.29, 0.717) is 6.54 Å². The van der Waals surface area contributed by atoms with Crippen molar-refractivity contribution in [1.29, 1.82) is 0 Å². The Bertz CT molecular complexity index is 596. The van der Waals surface area contributed by atoms with Gasteiger partial charge in [0.2, 0.25) is 0 Å². The fraction of sp³-hybridized carbons (Fsp3) is 0.529. The van der Waals surface area contributed by atoms with Crippen molar-refractivity contribution in [2.45, 2.75) is 46.6 Å². The Balaban J connectivity index is 2.48. The number of nitrogens with zero attached hydrogens (tertiary/aromatic N) is 1. The summed E-state index contributed by atoms with van der Waals surface area (Å²) in [7, 11) is 0. The number of carbonyl (C=O) groups excluding carboxylic acids is 2. The predicted octanol–water partition coefficient (Wildman–Crippen LogP) is 3.86. The van der Waals surface area contributed by atoms with Gasteiger partial charge in [-0.2, -0.15) is 0 Å². The number of thiophene rings is 1. The minimum atomic E-state index is -0.639. The average molecular weight is 321 g/mol. The van der Waals surface area contributed by atoms with Crippen molar-refractivity contribution in [2.75, 3.05) is 6.54 Å². The van der Waals surface area contributed by atoms with Gasteiger partial charge in [-0.1, -0.05) is 40.2 Å². The van der Waals surface area contributed by atoms with E-state index in [1.165, 1.54) is 11.3 Å². The maximum atomic E-state index is 12.8.